The maximum Gasteiger partial charge on any atom is 0.272 e. The monoisotopic (exact) mass is 318 g/mol. The lowest BCUT2D eigenvalue weighted by Gasteiger charge is -2.20. The molecule has 4 nitrogen and oxygen atoms in total. The molecule has 0 spiro atoms. The van der Waals surface area contributed by atoms with E-state index in [0.717, 1.165) is 5.56 Å². The Labute approximate surface area is 135 Å². The second-order valence-corrected chi connectivity index (χ2v) is 7.24. The SMILES string of the molecule is Cc1cc(C(C)NC(C)c2ccc(C)c([N+](=O)[O-])c2)c(C)s1. The van der Waals surface area contributed by atoms with E-state index in [9.17, 15) is 10.1 Å². The van der Waals surface area contributed by atoms with Gasteiger partial charge in [-0.15, -0.1) is 11.3 Å². The molecular formula is C17H22N2O2S. The molecule has 1 aromatic heterocycles. The van der Waals surface area contributed by atoms with Crippen LogP contribution in [-0.4, -0.2) is 4.92 Å². The van der Waals surface area contributed by atoms with Gasteiger partial charge < -0.3 is 5.32 Å². The first-order valence-corrected chi connectivity index (χ1v) is 8.19. The van der Waals surface area contributed by atoms with Crippen molar-refractivity contribution < 1.29 is 4.92 Å². The van der Waals surface area contributed by atoms with Gasteiger partial charge in [0.15, 0.2) is 0 Å². The molecule has 0 aliphatic heterocycles. The molecule has 0 bridgehead atoms. The minimum atomic E-state index is -0.318. The van der Waals surface area contributed by atoms with Crippen molar-refractivity contribution in [3.63, 3.8) is 0 Å². The van der Waals surface area contributed by atoms with Gasteiger partial charge in [0, 0.05) is 33.5 Å². The summed E-state index contributed by atoms with van der Waals surface area (Å²) in [5.41, 5.74) is 3.12. The third kappa shape index (κ3) is 3.54. The van der Waals surface area contributed by atoms with Crippen molar-refractivity contribution in [2.45, 2.75) is 46.7 Å². The maximum absolute atomic E-state index is 11.1. The zero-order chi connectivity index (χ0) is 16.4. The summed E-state index contributed by atoms with van der Waals surface area (Å²) in [6, 6.07) is 7.91. The van der Waals surface area contributed by atoms with E-state index in [-0.39, 0.29) is 22.7 Å². The summed E-state index contributed by atoms with van der Waals surface area (Å²) in [7, 11) is 0. The summed E-state index contributed by atoms with van der Waals surface area (Å²) in [6.45, 7) is 10.2. The smallest absolute Gasteiger partial charge is 0.272 e. The summed E-state index contributed by atoms with van der Waals surface area (Å²) in [5.74, 6) is 0. The number of benzene rings is 1. The molecule has 0 aliphatic carbocycles. The van der Waals surface area contributed by atoms with Gasteiger partial charge >= 0.3 is 0 Å². The molecule has 0 saturated heterocycles. The molecule has 2 rings (SSSR count). The molecular weight excluding hydrogens is 296 g/mol. The topological polar surface area (TPSA) is 55.2 Å². The highest BCUT2D eigenvalue weighted by atomic mass is 32.1. The highest BCUT2D eigenvalue weighted by Crippen LogP contribution is 2.29. The molecule has 1 aromatic carbocycles. The second kappa shape index (κ2) is 6.58. The predicted octanol–water partition coefficient (Wildman–Crippen LogP) is 4.99. The molecule has 5 heteroatoms. The molecule has 0 amide bonds. The number of rotatable bonds is 5. The Morgan fingerprint density at radius 3 is 2.36 bits per heavy atom. The van der Waals surface area contributed by atoms with E-state index in [1.807, 2.05) is 19.1 Å². The fraction of sp³-hybridized carbons (Fsp3) is 0.412. The molecule has 1 N–H and O–H groups in total. The summed E-state index contributed by atoms with van der Waals surface area (Å²) in [6.07, 6.45) is 0. The van der Waals surface area contributed by atoms with Gasteiger partial charge in [-0.3, -0.25) is 10.1 Å². The number of aryl methyl sites for hydroxylation is 3. The van der Waals surface area contributed by atoms with E-state index in [2.05, 4.69) is 32.2 Å². The van der Waals surface area contributed by atoms with E-state index >= 15 is 0 Å². The number of thiophene rings is 1. The van der Waals surface area contributed by atoms with Gasteiger partial charge in [0.1, 0.15) is 0 Å². The first-order valence-electron chi connectivity index (χ1n) is 7.37. The number of nitrogens with zero attached hydrogens (tertiary/aromatic N) is 1. The fourth-order valence-corrected chi connectivity index (χ4v) is 3.76. The van der Waals surface area contributed by atoms with Crippen LogP contribution >= 0.6 is 11.3 Å². The standard InChI is InChI=1S/C17H22N2O2S/c1-10-6-7-15(9-17(10)19(20)21)12(3)18-13(4)16-8-11(2)22-14(16)5/h6-9,12-13,18H,1-5H3. The molecule has 0 fully saturated rings. The third-order valence-electron chi connectivity index (χ3n) is 3.98. The maximum atomic E-state index is 11.1. The lowest BCUT2D eigenvalue weighted by molar-refractivity contribution is -0.385. The van der Waals surface area contributed by atoms with Crippen LogP contribution in [0.1, 0.15) is 52.4 Å². The van der Waals surface area contributed by atoms with E-state index in [4.69, 9.17) is 0 Å². The minimum Gasteiger partial charge on any atom is -0.304 e. The first kappa shape index (κ1) is 16.6. The number of nitro benzene ring substituents is 1. The van der Waals surface area contributed by atoms with Gasteiger partial charge in [0.25, 0.3) is 5.69 Å². The van der Waals surface area contributed by atoms with Gasteiger partial charge in [-0.25, -0.2) is 0 Å². The summed E-state index contributed by atoms with van der Waals surface area (Å²) < 4.78 is 0. The minimum absolute atomic E-state index is 0.0499. The average molecular weight is 318 g/mol. The fourth-order valence-electron chi connectivity index (χ4n) is 2.73. The lowest BCUT2D eigenvalue weighted by Crippen LogP contribution is -2.22. The molecule has 22 heavy (non-hydrogen) atoms. The third-order valence-corrected chi connectivity index (χ3v) is 4.96. The Kier molecular flexibility index (Phi) is 4.98. The number of hydrogen-bond donors (Lipinski definition) is 1. The predicted molar refractivity (Wildman–Crippen MR) is 91.6 cm³/mol. The van der Waals surface area contributed by atoms with Crippen LogP contribution in [0.3, 0.4) is 0 Å². The van der Waals surface area contributed by atoms with Gasteiger partial charge in [-0.05, 0) is 51.8 Å². The van der Waals surface area contributed by atoms with E-state index in [0.29, 0.717) is 5.56 Å². The lowest BCUT2D eigenvalue weighted by atomic mass is 10.0. The van der Waals surface area contributed by atoms with Crippen LogP contribution in [0.25, 0.3) is 0 Å². The Balaban J connectivity index is 2.18. The van der Waals surface area contributed by atoms with Crippen LogP contribution in [0, 0.1) is 30.9 Å². The van der Waals surface area contributed by atoms with E-state index in [1.54, 1.807) is 24.3 Å². The molecule has 0 radical (unpaired) electrons. The Hall–Kier alpha value is -1.72. The van der Waals surface area contributed by atoms with Crippen LogP contribution in [0.5, 0.6) is 0 Å². The molecule has 2 unspecified atom stereocenters. The van der Waals surface area contributed by atoms with Gasteiger partial charge in [-0.1, -0.05) is 12.1 Å². The molecule has 2 aromatic rings. The van der Waals surface area contributed by atoms with Crippen LogP contribution in [0.15, 0.2) is 24.3 Å². The van der Waals surface area contributed by atoms with E-state index in [1.165, 1.54) is 15.3 Å². The highest BCUT2D eigenvalue weighted by molar-refractivity contribution is 7.12. The molecule has 0 saturated carbocycles. The Bertz CT molecular complexity index is 694. The molecule has 118 valence electrons. The van der Waals surface area contributed by atoms with Gasteiger partial charge in [-0.2, -0.15) is 0 Å². The van der Waals surface area contributed by atoms with Crippen molar-refractivity contribution in [1.29, 1.82) is 0 Å². The van der Waals surface area contributed by atoms with E-state index < -0.39 is 0 Å². The molecule has 1 heterocycles. The van der Waals surface area contributed by atoms with Crippen molar-refractivity contribution in [3.05, 3.63) is 60.8 Å². The van der Waals surface area contributed by atoms with Crippen molar-refractivity contribution in [3.8, 4) is 0 Å². The molecule has 0 aliphatic rings. The zero-order valence-corrected chi connectivity index (χ0v) is 14.5. The largest absolute Gasteiger partial charge is 0.304 e. The van der Waals surface area contributed by atoms with Crippen LogP contribution < -0.4 is 5.32 Å². The number of hydrogen-bond acceptors (Lipinski definition) is 4. The van der Waals surface area contributed by atoms with Crippen molar-refractivity contribution >= 4 is 17.0 Å². The number of nitro groups is 1. The van der Waals surface area contributed by atoms with Gasteiger partial charge in [0.05, 0.1) is 4.92 Å². The van der Waals surface area contributed by atoms with Gasteiger partial charge in [0.2, 0.25) is 0 Å². The zero-order valence-electron chi connectivity index (χ0n) is 13.6. The van der Waals surface area contributed by atoms with Crippen LogP contribution in [0.2, 0.25) is 0 Å². The molecule has 2 atom stereocenters. The highest BCUT2D eigenvalue weighted by Gasteiger charge is 2.17. The normalized spacial score (nSPS) is 13.9. The van der Waals surface area contributed by atoms with Crippen molar-refractivity contribution in [1.82, 2.24) is 5.32 Å². The Morgan fingerprint density at radius 1 is 1.14 bits per heavy atom. The Morgan fingerprint density at radius 2 is 1.82 bits per heavy atom. The summed E-state index contributed by atoms with van der Waals surface area (Å²) >= 11 is 1.80. The van der Waals surface area contributed by atoms with Crippen molar-refractivity contribution in [2.75, 3.05) is 0 Å². The summed E-state index contributed by atoms with van der Waals surface area (Å²) in [5, 5.41) is 14.6. The second-order valence-electron chi connectivity index (χ2n) is 5.78. The number of nitrogens with one attached hydrogen (secondary N) is 1. The average Bonchev–Trinajstić information content (AvgIpc) is 2.77. The van der Waals surface area contributed by atoms with Crippen molar-refractivity contribution in [2.24, 2.45) is 0 Å². The van der Waals surface area contributed by atoms with Crippen LogP contribution in [0.4, 0.5) is 5.69 Å². The van der Waals surface area contributed by atoms with Crippen LogP contribution in [-0.2, 0) is 0 Å². The summed E-state index contributed by atoms with van der Waals surface area (Å²) in [4.78, 5) is 13.4. The quantitative estimate of drug-likeness (QED) is 0.624. The first-order chi connectivity index (χ1) is 10.3.